The number of likely N-dealkylation sites (tertiary alicyclic amines) is 1. The second-order valence-electron chi connectivity index (χ2n) is 4.26. The number of aromatic nitrogens is 2. The third-order valence-corrected chi connectivity index (χ3v) is 3.40. The second kappa shape index (κ2) is 6.16. The molecule has 1 aromatic heterocycles. The molecular weight excluding hydrogens is 222 g/mol. The van der Waals surface area contributed by atoms with Crippen molar-refractivity contribution in [2.45, 2.75) is 38.3 Å². The normalized spacial score (nSPS) is 21.4. The summed E-state index contributed by atoms with van der Waals surface area (Å²) in [6.45, 7) is 2.05. The lowest BCUT2D eigenvalue weighted by atomic mass is 10.1. The van der Waals surface area contributed by atoms with Crippen LogP contribution in [0.3, 0.4) is 0 Å². The van der Waals surface area contributed by atoms with Crippen LogP contribution in [0.5, 0.6) is 0 Å². The van der Waals surface area contributed by atoms with E-state index in [0.29, 0.717) is 6.04 Å². The topological polar surface area (TPSA) is 29.0 Å². The zero-order chi connectivity index (χ0) is 11.2. The Morgan fingerprint density at radius 1 is 1.38 bits per heavy atom. The molecule has 0 aromatic carbocycles. The fourth-order valence-corrected chi connectivity index (χ4v) is 2.49. The molecule has 4 heteroatoms. The maximum absolute atomic E-state index is 5.74. The van der Waals surface area contributed by atoms with Gasteiger partial charge in [0, 0.05) is 24.3 Å². The van der Waals surface area contributed by atoms with Gasteiger partial charge in [-0.15, -0.1) is 11.6 Å². The van der Waals surface area contributed by atoms with Crippen LogP contribution in [0.25, 0.3) is 0 Å². The minimum Gasteiger partial charge on any atom is -0.293 e. The molecule has 3 nitrogen and oxygen atoms in total. The van der Waals surface area contributed by atoms with Gasteiger partial charge in [0.25, 0.3) is 0 Å². The highest BCUT2D eigenvalue weighted by molar-refractivity contribution is 6.17. The van der Waals surface area contributed by atoms with E-state index in [2.05, 4.69) is 14.9 Å². The first-order chi connectivity index (χ1) is 7.90. The van der Waals surface area contributed by atoms with Gasteiger partial charge in [0.2, 0.25) is 0 Å². The Labute approximate surface area is 102 Å². The molecule has 0 aliphatic carbocycles. The van der Waals surface area contributed by atoms with Gasteiger partial charge in [-0.1, -0.05) is 0 Å². The summed E-state index contributed by atoms with van der Waals surface area (Å²) in [4.78, 5) is 11.0. The quantitative estimate of drug-likeness (QED) is 0.740. The standard InChI is InChI=1S/C12H18ClN3/c13-6-1-4-11-5-2-9-16(11)10-12-14-7-3-8-15-12/h3,7-8,11H,1-2,4-6,9-10H2. The van der Waals surface area contributed by atoms with Gasteiger partial charge >= 0.3 is 0 Å². The SMILES string of the molecule is ClCCCC1CCCN1Cc1ncccn1. The first kappa shape index (κ1) is 11.8. The Morgan fingerprint density at radius 3 is 2.94 bits per heavy atom. The van der Waals surface area contributed by atoms with Crippen molar-refractivity contribution in [3.8, 4) is 0 Å². The lowest BCUT2D eigenvalue weighted by Gasteiger charge is -2.23. The summed E-state index contributed by atoms with van der Waals surface area (Å²) in [5.41, 5.74) is 0. The van der Waals surface area contributed by atoms with Crippen molar-refractivity contribution in [3.05, 3.63) is 24.3 Å². The molecule has 1 aromatic rings. The molecule has 0 amide bonds. The average Bonchev–Trinajstić information content (AvgIpc) is 2.75. The van der Waals surface area contributed by atoms with Crippen molar-refractivity contribution in [2.24, 2.45) is 0 Å². The Hall–Kier alpha value is -0.670. The summed E-state index contributed by atoms with van der Waals surface area (Å²) in [6, 6.07) is 2.54. The number of hydrogen-bond donors (Lipinski definition) is 0. The Kier molecular flexibility index (Phi) is 4.55. The predicted molar refractivity (Wildman–Crippen MR) is 65.4 cm³/mol. The molecule has 1 atom stereocenters. The van der Waals surface area contributed by atoms with Gasteiger partial charge in [0.1, 0.15) is 5.82 Å². The lowest BCUT2D eigenvalue weighted by Crippen LogP contribution is -2.29. The van der Waals surface area contributed by atoms with Crippen molar-refractivity contribution in [2.75, 3.05) is 12.4 Å². The van der Waals surface area contributed by atoms with Crippen molar-refractivity contribution in [1.29, 1.82) is 0 Å². The van der Waals surface area contributed by atoms with Crippen LogP contribution in [0.2, 0.25) is 0 Å². The summed E-state index contributed by atoms with van der Waals surface area (Å²) in [6.07, 6.45) is 8.52. The van der Waals surface area contributed by atoms with Gasteiger partial charge in [-0.25, -0.2) is 9.97 Å². The van der Waals surface area contributed by atoms with Crippen LogP contribution in [0.4, 0.5) is 0 Å². The van der Waals surface area contributed by atoms with E-state index >= 15 is 0 Å². The van der Waals surface area contributed by atoms with Gasteiger partial charge < -0.3 is 0 Å². The molecule has 2 heterocycles. The van der Waals surface area contributed by atoms with Crippen LogP contribution >= 0.6 is 11.6 Å². The molecule has 0 radical (unpaired) electrons. The summed E-state index contributed by atoms with van der Waals surface area (Å²) >= 11 is 5.74. The molecule has 1 aliphatic rings. The maximum atomic E-state index is 5.74. The number of hydrogen-bond acceptors (Lipinski definition) is 3. The molecule has 16 heavy (non-hydrogen) atoms. The third kappa shape index (κ3) is 3.16. The van der Waals surface area contributed by atoms with Crippen molar-refractivity contribution in [3.63, 3.8) is 0 Å². The van der Waals surface area contributed by atoms with Crippen molar-refractivity contribution >= 4 is 11.6 Å². The van der Waals surface area contributed by atoms with Crippen molar-refractivity contribution < 1.29 is 0 Å². The Bertz CT molecular complexity index is 304. The smallest absolute Gasteiger partial charge is 0.142 e. The number of rotatable bonds is 5. The zero-order valence-corrected chi connectivity index (χ0v) is 10.2. The molecule has 0 spiro atoms. The highest BCUT2D eigenvalue weighted by Crippen LogP contribution is 2.22. The Balaban J connectivity index is 1.88. The van der Waals surface area contributed by atoms with Crippen LogP contribution in [0.1, 0.15) is 31.5 Å². The molecule has 1 fully saturated rings. The zero-order valence-electron chi connectivity index (χ0n) is 9.48. The first-order valence-corrected chi connectivity index (χ1v) is 6.49. The van der Waals surface area contributed by atoms with E-state index in [0.717, 1.165) is 24.7 Å². The summed E-state index contributed by atoms with van der Waals surface area (Å²) in [5, 5.41) is 0. The molecule has 0 saturated carbocycles. The molecular formula is C12H18ClN3. The number of alkyl halides is 1. The van der Waals surface area contributed by atoms with Gasteiger partial charge in [-0.2, -0.15) is 0 Å². The first-order valence-electron chi connectivity index (χ1n) is 5.96. The van der Waals surface area contributed by atoms with Gasteiger partial charge in [0.05, 0.1) is 6.54 Å². The van der Waals surface area contributed by atoms with E-state index < -0.39 is 0 Å². The van der Waals surface area contributed by atoms with Crippen LogP contribution in [-0.2, 0) is 6.54 Å². The minimum absolute atomic E-state index is 0.683. The maximum Gasteiger partial charge on any atom is 0.142 e. The lowest BCUT2D eigenvalue weighted by molar-refractivity contribution is 0.228. The highest BCUT2D eigenvalue weighted by atomic mass is 35.5. The van der Waals surface area contributed by atoms with Crippen LogP contribution in [-0.4, -0.2) is 33.3 Å². The minimum atomic E-state index is 0.683. The molecule has 1 aliphatic heterocycles. The van der Waals surface area contributed by atoms with E-state index in [1.165, 1.54) is 25.8 Å². The summed E-state index contributed by atoms with van der Waals surface area (Å²) in [5.74, 6) is 1.70. The van der Waals surface area contributed by atoms with Crippen LogP contribution in [0.15, 0.2) is 18.5 Å². The van der Waals surface area contributed by atoms with E-state index in [1.807, 2.05) is 18.5 Å². The fourth-order valence-electron chi connectivity index (χ4n) is 2.34. The Morgan fingerprint density at radius 2 is 2.19 bits per heavy atom. The summed E-state index contributed by atoms with van der Waals surface area (Å²) < 4.78 is 0. The molecule has 88 valence electrons. The largest absolute Gasteiger partial charge is 0.293 e. The molecule has 0 N–H and O–H groups in total. The molecule has 2 rings (SSSR count). The van der Waals surface area contributed by atoms with Gasteiger partial charge in [-0.3, -0.25) is 4.90 Å². The number of halogens is 1. The number of nitrogens with zero attached hydrogens (tertiary/aromatic N) is 3. The monoisotopic (exact) mass is 239 g/mol. The fraction of sp³-hybridized carbons (Fsp3) is 0.667. The van der Waals surface area contributed by atoms with Gasteiger partial charge in [0.15, 0.2) is 0 Å². The molecule has 1 saturated heterocycles. The highest BCUT2D eigenvalue weighted by Gasteiger charge is 2.24. The second-order valence-corrected chi connectivity index (χ2v) is 4.64. The molecule has 0 bridgehead atoms. The predicted octanol–water partition coefficient (Wildman–Crippen LogP) is 2.46. The average molecular weight is 240 g/mol. The van der Waals surface area contributed by atoms with Crippen molar-refractivity contribution in [1.82, 2.24) is 14.9 Å². The van der Waals surface area contributed by atoms with Crippen LogP contribution < -0.4 is 0 Å². The third-order valence-electron chi connectivity index (χ3n) is 3.13. The van der Waals surface area contributed by atoms with Gasteiger partial charge in [-0.05, 0) is 38.3 Å². The summed E-state index contributed by atoms with van der Waals surface area (Å²) in [7, 11) is 0. The van der Waals surface area contributed by atoms with E-state index in [9.17, 15) is 0 Å². The molecule has 1 unspecified atom stereocenters. The van der Waals surface area contributed by atoms with E-state index in [4.69, 9.17) is 11.6 Å². The van der Waals surface area contributed by atoms with E-state index in [1.54, 1.807) is 0 Å². The van der Waals surface area contributed by atoms with E-state index in [-0.39, 0.29) is 0 Å². The van der Waals surface area contributed by atoms with Crippen LogP contribution in [0, 0.1) is 0 Å².